The Hall–Kier alpha value is -2.75. The molecular weight excluding hydrogens is 268 g/mol. The lowest BCUT2D eigenvalue weighted by Crippen LogP contribution is -1.97. The van der Waals surface area contributed by atoms with E-state index in [1.807, 2.05) is 30.3 Å². The summed E-state index contributed by atoms with van der Waals surface area (Å²) < 4.78 is 11.0. The molecule has 108 valence electrons. The molecule has 0 aliphatic rings. The van der Waals surface area contributed by atoms with Crippen molar-refractivity contribution in [1.82, 2.24) is 0 Å². The van der Waals surface area contributed by atoms with E-state index in [0.29, 0.717) is 18.1 Å². The van der Waals surface area contributed by atoms with Crippen LogP contribution in [-0.4, -0.2) is 18.2 Å². The number of ether oxygens (including phenoxy) is 2. The number of hydrogen-bond acceptors (Lipinski definition) is 3. The zero-order valence-electron chi connectivity index (χ0n) is 11.7. The first-order valence-electron chi connectivity index (χ1n) is 6.45. The second-order valence-corrected chi connectivity index (χ2v) is 4.36. The summed E-state index contributed by atoms with van der Waals surface area (Å²) in [7, 11) is 1.55. The van der Waals surface area contributed by atoms with Crippen LogP contribution in [0.5, 0.6) is 11.5 Å². The van der Waals surface area contributed by atoms with E-state index in [1.54, 1.807) is 25.3 Å². The molecule has 4 heteroatoms. The maximum atomic E-state index is 10.5. The first-order valence-corrected chi connectivity index (χ1v) is 6.45. The molecule has 0 fully saturated rings. The standard InChI is InChI=1S/C17H16O4/c1-20-16-11-13(8-10-17(18)19)7-9-15(16)21-12-14-5-3-2-4-6-14/h2-11H,12H2,1H3,(H,18,19)/b10-8+. The van der Waals surface area contributed by atoms with Gasteiger partial charge in [0.1, 0.15) is 6.61 Å². The molecular formula is C17H16O4. The van der Waals surface area contributed by atoms with E-state index in [0.717, 1.165) is 17.2 Å². The summed E-state index contributed by atoms with van der Waals surface area (Å²) in [5.41, 5.74) is 1.80. The highest BCUT2D eigenvalue weighted by molar-refractivity contribution is 5.85. The van der Waals surface area contributed by atoms with Gasteiger partial charge in [-0.3, -0.25) is 0 Å². The van der Waals surface area contributed by atoms with E-state index in [2.05, 4.69) is 0 Å². The quantitative estimate of drug-likeness (QED) is 0.826. The van der Waals surface area contributed by atoms with Crippen LogP contribution in [0, 0.1) is 0 Å². The lowest BCUT2D eigenvalue weighted by atomic mass is 10.2. The predicted molar refractivity (Wildman–Crippen MR) is 80.4 cm³/mol. The number of aliphatic carboxylic acids is 1. The van der Waals surface area contributed by atoms with Crippen molar-refractivity contribution in [3.05, 3.63) is 65.7 Å². The van der Waals surface area contributed by atoms with Gasteiger partial charge in [0.2, 0.25) is 0 Å². The Morgan fingerprint density at radius 3 is 2.57 bits per heavy atom. The third-order valence-corrected chi connectivity index (χ3v) is 2.84. The largest absolute Gasteiger partial charge is 0.493 e. The fraction of sp³-hybridized carbons (Fsp3) is 0.118. The van der Waals surface area contributed by atoms with Crippen LogP contribution >= 0.6 is 0 Å². The first-order chi connectivity index (χ1) is 10.2. The highest BCUT2D eigenvalue weighted by Gasteiger charge is 2.05. The van der Waals surface area contributed by atoms with Gasteiger partial charge >= 0.3 is 5.97 Å². The van der Waals surface area contributed by atoms with Crippen molar-refractivity contribution < 1.29 is 19.4 Å². The zero-order valence-corrected chi connectivity index (χ0v) is 11.7. The van der Waals surface area contributed by atoms with Crippen LogP contribution in [0.4, 0.5) is 0 Å². The summed E-state index contributed by atoms with van der Waals surface area (Å²) in [4.78, 5) is 10.5. The average Bonchev–Trinajstić information content (AvgIpc) is 2.52. The van der Waals surface area contributed by atoms with E-state index in [-0.39, 0.29) is 0 Å². The summed E-state index contributed by atoms with van der Waals surface area (Å²) in [6, 6.07) is 15.1. The highest BCUT2D eigenvalue weighted by atomic mass is 16.5. The molecule has 0 spiro atoms. The molecule has 0 saturated carbocycles. The second kappa shape index (κ2) is 7.14. The Bertz CT molecular complexity index is 632. The Labute approximate surface area is 123 Å². The van der Waals surface area contributed by atoms with Crippen LogP contribution in [0.15, 0.2) is 54.6 Å². The van der Waals surface area contributed by atoms with Gasteiger partial charge < -0.3 is 14.6 Å². The van der Waals surface area contributed by atoms with E-state index < -0.39 is 5.97 Å². The van der Waals surface area contributed by atoms with Crippen molar-refractivity contribution in [2.45, 2.75) is 6.61 Å². The number of carbonyl (C=O) groups is 1. The zero-order chi connectivity index (χ0) is 15.1. The predicted octanol–water partition coefficient (Wildman–Crippen LogP) is 3.37. The number of carboxylic acids is 1. The average molecular weight is 284 g/mol. The monoisotopic (exact) mass is 284 g/mol. The molecule has 0 aliphatic carbocycles. The fourth-order valence-corrected chi connectivity index (χ4v) is 1.81. The van der Waals surface area contributed by atoms with Crippen LogP contribution < -0.4 is 9.47 Å². The molecule has 0 radical (unpaired) electrons. The summed E-state index contributed by atoms with van der Waals surface area (Å²) in [6.45, 7) is 0.446. The maximum absolute atomic E-state index is 10.5. The minimum absolute atomic E-state index is 0.446. The van der Waals surface area contributed by atoms with E-state index >= 15 is 0 Å². The molecule has 0 atom stereocenters. The van der Waals surface area contributed by atoms with Gasteiger partial charge in [-0.1, -0.05) is 36.4 Å². The van der Waals surface area contributed by atoms with Gasteiger partial charge in [0.25, 0.3) is 0 Å². The topological polar surface area (TPSA) is 55.8 Å². The van der Waals surface area contributed by atoms with Crippen molar-refractivity contribution in [3.63, 3.8) is 0 Å². The molecule has 0 saturated heterocycles. The van der Waals surface area contributed by atoms with Crippen molar-refractivity contribution in [2.24, 2.45) is 0 Å². The van der Waals surface area contributed by atoms with Crippen LogP contribution in [0.25, 0.3) is 6.08 Å². The van der Waals surface area contributed by atoms with Crippen molar-refractivity contribution in [1.29, 1.82) is 0 Å². The molecule has 0 amide bonds. The molecule has 0 aliphatic heterocycles. The number of rotatable bonds is 6. The number of methoxy groups -OCH3 is 1. The van der Waals surface area contributed by atoms with Gasteiger partial charge in [-0.15, -0.1) is 0 Å². The highest BCUT2D eigenvalue weighted by Crippen LogP contribution is 2.29. The molecule has 21 heavy (non-hydrogen) atoms. The van der Waals surface area contributed by atoms with Crippen molar-refractivity contribution in [3.8, 4) is 11.5 Å². The van der Waals surface area contributed by atoms with Crippen LogP contribution in [0.1, 0.15) is 11.1 Å². The molecule has 2 aromatic carbocycles. The van der Waals surface area contributed by atoms with Crippen LogP contribution in [-0.2, 0) is 11.4 Å². The molecule has 2 aromatic rings. The number of hydrogen-bond donors (Lipinski definition) is 1. The SMILES string of the molecule is COc1cc(/C=C/C(=O)O)ccc1OCc1ccccc1. The van der Waals surface area contributed by atoms with Crippen molar-refractivity contribution in [2.75, 3.05) is 7.11 Å². The molecule has 0 bridgehead atoms. The van der Waals surface area contributed by atoms with E-state index in [1.165, 1.54) is 6.08 Å². The molecule has 0 aromatic heterocycles. The van der Waals surface area contributed by atoms with Gasteiger partial charge in [-0.05, 0) is 29.3 Å². The van der Waals surface area contributed by atoms with Crippen LogP contribution in [0.3, 0.4) is 0 Å². The lowest BCUT2D eigenvalue weighted by molar-refractivity contribution is -0.131. The third kappa shape index (κ3) is 4.38. The van der Waals surface area contributed by atoms with Gasteiger partial charge in [0.15, 0.2) is 11.5 Å². The van der Waals surface area contributed by atoms with Gasteiger partial charge in [-0.25, -0.2) is 4.79 Å². The lowest BCUT2D eigenvalue weighted by Gasteiger charge is -2.11. The molecule has 2 rings (SSSR count). The van der Waals surface area contributed by atoms with Gasteiger partial charge in [0.05, 0.1) is 7.11 Å². The fourth-order valence-electron chi connectivity index (χ4n) is 1.81. The minimum atomic E-state index is -0.988. The molecule has 1 N–H and O–H groups in total. The van der Waals surface area contributed by atoms with E-state index in [9.17, 15) is 4.79 Å². The summed E-state index contributed by atoms with van der Waals surface area (Å²) in [5.74, 6) is 0.200. The summed E-state index contributed by atoms with van der Waals surface area (Å²) >= 11 is 0. The molecule has 0 unspecified atom stereocenters. The van der Waals surface area contributed by atoms with E-state index in [4.69, 9.17) is 14.6 Å². The van der Waals surface area contributed by atoms with Crippen molar-refractivity contribution >= 4 is 12.0 Å². The Balaban J connectivity index is 2.11. The minimum Gasteiger partial charge on any atom is -0.493 e. The molecule has 4 nitrogen and oxygen atoms in total. The normalized spacial score (nSPS) is 10.5. The number of carboxylic acid groups (broad SMARTS) is 1. The van der Waals surface area contributed by atoms with Gasteiger partial charge in [-0.2, -0.15) is 0 Å². The Morgan fingerprint density at radius 1 is 1.14 bits per heavy atom. The smallest absolute Gasteiger partial charge is 0.328 e. The second-order valence-electron chi connectivity index (χ2n) is 4.36. The summed E-state index contributed by atoms with van der Waals surface area (Å²) in [5, 5.41) is 8.62. The number of benzene rings is 2. The summed E-state index contributed by atoms with van der Waals surface area (Å²) in [6.07, 6.45) is 2.59. The third-order valence-electron chi connectivity index (χ3n) is 2.84. The first kappa shape index (κ1) is 14.7. The van der Waals surface area contributed by atoms with Crippen LogP contribution in [0.2, 0.25) is 0 Å². The Kier molecular flexibility index (Phi) is 4.99. The maximum Gasteiger partial charge on any atom is 0.328 e. The van der Waals surface area contributed by atoms with Gasteiger partial charge in [0, 0.05) is 6.08 Å². The Morgan fingerprint density at radius 2 is 1.90 bits per heavy atom. The molecule has 0 heterocycles.